The molecule has 2 heterocycles. The van der Waals surface area contributed by atoms with Crippen LogP contribution in [0.3, 0.4) is 0 Å². The van der Waals surface area contributed by atoms with E-state index in [4.69, 9.17) is 0 Å². The number of fused-ring (bicyclic) bond motifs is 3. The van der Waals surface area contributed by atoms with Gasteiger partial charge >= 0.3 is 0 Å². The number of hydrogen-bond donors (Lipinski definition) is 1. The van der Waals surface area contributed by atoms with Crippen LogP contribution in [0.1, 0.15) is 48.3 Å². The smallest absolute Gasteiger partial charge is 0.272 e. The maximum Gasteiger partial charge on any atom is 0.272 e. The van der Waals surface area contributed by atoms with Crippen LogP contribution in [0.2, 0.25) is 0 Å². The van der Waals surface area contributed by atoms with Crippen LogP contribution in [-0.4, -0.2) is 41.3 Å². The zero-order chi connectivity index (χ0) is 18.3. The lowest BCUT2D eigenvalue weighted by molar-refractivity contribution is 0.0921. The molecule has 0 bridgehead atoms. The van der Waals surface area contributed by atoms with Gasteiger partial charge in [0.1, 0.15) is 11.2 Å². The predicted octanol–water partition coefficient (Wildman–Crippen LogP) is 2.07. The Hall–Kier alpha value is -2.19. The molecular formula is C18H22N4O3S. The normalized spacial score (nSPS) is 20.0. The number of benzene rings is 1. The molecule has 1 saturated carbocycles. The minimum Gasteiger partial charge on any atom is -0.348 e. The zero-order valence-electron chi connectivity index (χ0n) is 14.7. The molecule has 0 atom stereocenters. The van der Waals surface area contributed by atoms with Crippen molar-refractivity contribution in [1.29, 1.82) is 0 Å². The van der Waals surface area contributed by atoms with Gasteiger partial charge in [0.2, 0.25) is 10.0 Å². The van der Waals surface area contributed by atoms with Gasteiger partial charge in [-0.3, -0.25) is 9.36 Å². The van der Waals surface area contributed by atoms with E-state index in [1.807, 2.05) is 0 Å². The summed E-state index contributed by atoms with van der Waals surface area (Å²) >= 11 is 0. The summed E-state index contributed by atoms with van der Waals surface area (Å²) < 4.78 is 28.5. The maximum atomic E-state index is 12.8. The van der Waals surface area contributed by atoms with Gasteiger partial charge in [0.05, 0.1) is 17.9 Å². The Morgan fingerprint density at radius 1 is 1.19 bits per heavy atom. The van der Waals surface area contributed by atoms with Crippen LogP contribution in [0.4, 0.5) is 0 Å². The number of rotatable bonds is 2. The molecule has 0 radical (unpaired) electrons. The Kier molecular flexibility index (Phi) is 4.32. The highest BCUT2D eigenvalue weighted by atomic mass is 32.2. The van der Waals surface area contributed by atoms with Gasteiger partial charge in [0, 0.05) is 13.1 Å². The molecule has 7 nitrogen and oxygen atoms in total. The van der Waals surface area contributed by atoms with Crippen molar-refractivity contribution in [2.24, 2.45) is 0 Å². The minimum atomic E-state index is -3.61. The second-order valence-electron chi connectivity index (χ2n) is 6.95. The molecule has 1 aliphatic heterocycles. The van der Waals surface area contributed by atoms with Gasteiger partial charge in [0.25, 0.3) is 5.91 Å². The number of para-hydroxylation sites is 1. The standard InChI is InChI=1S/C18H22N4O3S/c1-21-11-15-17(18(23)20-13-7-3-2-4-8-13)19-12-22(15)14-9-5-6-10-16(14)26(21,24)25/h5-6,9-10,12-13H,2-4,7-8,11H2,1H3,(H,20,23). The molecule has 138 valence electrons. The monoisotopic (exact) mass is 374 g/mol. The van der Waals surface area contributed by atoms with Crippen LogP contribution in [0.15, 0.2) is 35.5 Å². The van der Waals surface area contributed by atoms with Crippen molar-refractivity contribution in [3.05, 3.63) is 42.0 Å². The molecule has 0 spiro atoms. The molecule has 8 heteroatoms. The lowest BCUT2D eigenvalue weighted by atomic mass is 9.95. The molecule has 2 aliphatic rings. The first-order valence-electron chi connectivity index (χ1n) is 8.91. The van der Waals surface area contributed by atoms with Crippen molar-refractivity contribution in [3.8, 4) is 5.69 Å². The van der Waals surface area contributed by atoms with Crippen LogP contribution in [0.5, 0.6) is 0 Å². The summed E-state index contributed by atoms with van der Waals surface area (Å²) in [7, 11) is -2.09. The van der Waals surface area contributed by atoms with Crippen molar-refractivity contribution in [2.75, 3.05) is 7.05 Å². The minimum absolute atomic E-state index is 0.102. The number of sulfonamides is 1. The van der Waals surface area contributed by atoms with Gasteiger partial charge in [-0.05, 0) is 25.0 Å². The summed E-state index contributed by atoms with van der Waals surface area (Å²) in [5, 5.41) is 3.07. The third kappa shape index (κ3) is 2.83. The fourth-order valence-electron chi connectivity index (χ4n) is 3.76. The number of carbonyl (C=O) groups is 1. The van der Waals surface area contributed by atoms with E-state index in [2.05, 4.69) is 10.3 Å². The summed E-state index contributed by atoms with van der Waals surface area (Å²) in [6.45, 7) is 0.102. The average molecular weight is 374 g/mol. The van der Waals surface area contributed by atoms with E-state index in [0.29, 0.717) is 17.1 Å². The van der Waals surface area contributed by atoms with Gasteiger partial charge in [-0.2, -0.15) is 4.31 Å². The molecule has 0 unspecified atom stereocenters. The fourth-order valence-corrected chi connectivity index (χ4v) is 5.07. The summed E-state index contributed by atoms with van der Waals surface area (Å²) in [5.74, 6) is -0.226. The van der Waals surface area contributed by atoms with Crippen LogP contribution in [0.25, 0.3) is 5.69 Å². The van der Waals surface area contributed by atoms with Crippen LogP contribution in [0, 0.1) is 0 Å². The first-order valence-corrected chi connectivity index (χ1v) is 10.4. The number of carbonyl (C=O) groups excluding carboxylic acids is 1. The van der Waals surface area contributed by atoms with Crippen molar-refractivity contribution in [2.45, 2.75) is 49.6 Å². The Morgan fingerprint density at radius 2 is 1.92 bits per heavy atom. The summed E-state index contributed by atoms with van der Waals surface area (Å²) in [6, 6.07) is 6.97. The molecule has 26 heavy (non-hydrogen) atoms. The Labute approximate surface area is 153 Å². The Balaban J connectivity index is 1.74. The van der Waals surface area contributed by atoms with Crippen molar-refractivity contribution < 1.29 is 13.2 Å². The Morgan fingerprint density at radius 3 is 2.69 bits per heavy atom. The Bertz CT molecular complexity index is 945. The fraction of sp³-hybridized carbons (Fsp3) is 0.444. The first-order chi connectivity index (χ1) is 12.5. The number of aromatic nitrogens is 2. The summed E-state index contributed by atoms with van der Waals surface area (Å²) in [4.78, 5) is 17.3. The van der Waals surface area contributed by atoms with Crippen molar-refractivity contribution >= 4 is 15.9 Å². The maximum absolute atomic E-state index is 12.8. The van der Waals surface area contributed by atoms with Crippen molar-refractivity contribution in [1.82, 2.24) is 19.2 Å². The van der Waals surface area contributed by atoms with Crippen LogP contribution in [-0.2, 0) is 16.6 Å². The lowest BCUT2D eigenvalue weighted by Crippen LogP contribution is -2.37. The van der Waals surface area contributed by atoms with Crippen LogP contribution < -0.4 is 5.32 Å². The highest BCUT2D eigenvalue weighted by Crippen LogP contribution is 2.30. The molecule has 2 aromatic rings. The summed E-state index contributed by atoms with van der Waals surface area (Å²) in [6.07, 6.45) is 6.98. The third-order valence-corrected chi connectivity index (χ3v) is 7.06. The van der Waals surface area contributed by atoms with E-state index in [0.717, 1.165) is 25.7 Å². The van der Waals surface area contributed by atoms with Gasteiger partial charge < -0.3 is 5.32 Å². The molecular weight excluding hydrogens is 352 g/mol. The molecule has 1 aromatic carbocycles. The number of imidazole rings is 1. The van der Waals surface area contributed by atoms with Gasteiger partial charge in [-0.25, -0.2) is 13.4 Å². The molecule has 1 aromatic heterocycles. The number of hydrogen-bond acceptors (Lipinski definition) is 4. The van der Waals surface area contributed by atoms with Gasteiger partial charge in [0.15, 0.2) is 5.69 Å². The molecule has 1 fully saturated rings. The first kappa shape index (κ1) is 17.2. The highest BCUT2D eigenvalue weighted by Gasteiger charge is 2.33. The lowest BCUT2D eigenvalue weighted by Gasteiger charge is -2.22. The second-order valence-corrected chi connectivity index (χ2v) is 8.96. The highest BCUT2D eigenvalue weighted by molar-refractivity contribution is 7.89. The second kappa shape index (κ2) is 6.51. The van der Waals surface area contributed by atoms with E-state index in [9.17, 15) is 13.2 Å². The largest absolute Gasteiger partial charge is 0.348 e. The van der Waals surface area contributed by atoms with E-state index in [1.54, 1.807) is 35.2 Å². The average Bonchev–Trinajstić information content (AvgIpc) is 3.03. The SMILES string of the molecule is CN1Cc2c(C(=O)NC3CCCCC3)ncn2-c2ccccc2S1(=O)=O. The van der Waals surface area contributed by atoms with Crippen LogP contribution >= 0.6 is 0 Å². The number of amides is 1. The predicted molar refractivity (Wildman–Crippen MR) is 96.6 cm³/mol. The quantitative estimate of drug-likeness (QED) is 0.872. The van der Waals surface area contributed by atoms with Gasteiger partial charge in [-0.15, -0.1) is 0 Å². The van der Waals surface area contributed by atoms with E-state index in [1.165, 1.54) is 17.8 Å². The molecule has 1 aliphatic carbocycles. The third-order valence-electron chi connectivity index (χ3n) is 5.21. The van der Waals surface area contributed by atoms with Gasteiger partial charge in [-0.1, -0.05) is 31.4 Å². The number of nitrogens with one attached hydrogen (secondary N) is 1. The molecule has 1 amide bonds. The molecule has 4 rings (SSSR count). The zero-order valence-corrected chi connectivity index (χ0v) is 15.5. The summed E-state index contributed by atoms with van der Waals surface area (Å²) in [5.41, 5.74) is 1.42. The van der Waals surface area contributed by atoms with E-state index in [-0.39, 0.29) is 23.4 Å². The topological polar surface area (TPSA) is 84.3 Å². The number of nitrogens with zero attached hydrogens (tertiary/aromatic N) is 3. The molecule has 1 N–H and O–H groups in total. The van der Waals surface area contributed by atoms with E-state index >= 15 is 0 Å². The van der Waals surface area contributed by atoms with E-state index < -0.39 is 10.0 Å². The van der Waals surface area contributed by atoms with Crippen molar-refractivity contribution in [3.63, 3.8) is 0 Å². The molecule has 0 saturated heterocycles.